The van der Waals surface area contributed by atoms with Crippen molar-refractivity contribution in [2.45, 2.75) is 13.3 Å². The molecule has 3 heterocycles. The zero-order chi connectivity index (χ0) is 14.2. The Morgan fingerprint density at radius 1 is 1.29 bits per heavy atom. The van der Waals surface area contributed by atoms with Crippen LogP contribution in [0.3, 0.4) is 0 Å². The number of fused-ring (bicyclic) bond motifs is 1. The van der Waals surface area contributed by atoms with Crippen LogP contribution in [0.2, 0.25) is 0 Å². The van der Waals surface area contributed by atoms with Gasteiger partial charge in [-0.15, -0.1) is 11.3 Å². The Morgan fingerprint density at radius 2 is 2.24 bits per heavy atom. The van der Waals surface area contributed by atoms with Crippen molar-refractivity contribution in [2.75, 3.05) is 0 Å². The minimum Gasteiger partial charge on any atom is -0.361 e. The van der Waals surface area contributed by atoms with E-state index >= 15 is 0 Å². The van der Waals surface area contributed by atoms with Crippen LogP contribution in [0.25, 0.3) is 33.1 Å². The quantitative estimate of drug-likeness (QED) is 0.622. The van der Waals surface area contributed by atoms with Gasteiger partial charge >= 0.3 is 0 Å². The van der Waals surface area contributed by atoms with Crippen molar-refractivity contribution < 1.29 is 4.52 Å². The van der Waals surface area contributed by atoms with Gasteiger partial charge in [0.05, 0.1) is 11.2 Å². The third-order valence-electron chi connectivity index (χ3n) is 3.33. The topological polar surface area (TPSA) is 67.6 Å². The van der Waals surface area contributed by atoms with Gasteiger partial charge in [0.1, 0.15) is 4.88 Å². The van der Waals surface area contributed by atoms with E-state index in [-0.39, 0.29) is 0 Å². The van der Waals surface area contributed by atoms with Gasteiger partial charge in [-0.05, 0) is 18.6 Å². The highest BCUT2D eigenvalue weighted by Gasteiger charge is 2.15. The lowest BCUT2D eigenvalue weighted by Crippen LogP contribution is -1.81. The SMILES string of the molecule is CCc1ncc(-c2nc(-c3cccc4[nH]ccc34)no2)s1. The van der Waals surface area contributed by atoms with E-state index in [9.17, 15) is 0 Å². The Morgan fingerprint density at radius 3 is 3.10 bits per heavy atom. The fourth-order valence-electron chi connectivity index (χ4n) is 2.29. The molecule has 21 heavy (non-hydrogen) atoms. The predicted molar refractivity (Wildman–Crippen MR) is 82.1 cm³/mol. The minimum atomic E-state index is 0.523. The average molecular weight is 296 g/mol. The summed E-state index contributed by atoms with van der Waals surface area (Å²) in [5.74, 6) is 1.12. The maximum Gasteiger partial charge on any atom is 0.269 e. The summed E-state index contributed by atoms with van der Waals surface area (Å²) in [5.41, 5.74) is 2.02. The van der Waals surface area contributed by atoms with Crippen LogP contribution in [0.15, 0.2) is 41.2 Å². The first-order chi connectivity index (χ1) is 10.3. The molecule has 3 aromatic heterocycles. The van der Waals surface area contributed by atoms with Crippen molar-refractivity contribution >= 4 is 22.2 Å². The van der Waals surface area contributed by atoms with Crippen LogP contribution in [0.5, 0.6) is 0 Å². The molecule has 1 aromatic carbocycles. The largest absolute Gasteiger partial charge is 0.361 e. The average Bonchev–Trinajstić information content (AvgIpc) is 3.25. The van der Waals surface area contributed by atoms with Crippen molar-refractivity contribution in [3.63, 3.8) is 0 Å². The molecule has 0 aliphatic heterocycles. The summed E-state index contributed by atoms with van der Waals surface area (Å²) < 4.78 is 5.39. The van der Waals surface area contributed by atoms with Gasteiger partial charge in [-0.25, -0.2) is 4.98 Å². The van der Waals surface area contributed by atoms with E-state index in [0.29, 0.717) is 11.7 Å². The first kappa shape index (κ1) is 12.3. The molecule has 0 saturated carbocycles. The molecule has 0 unspecified atom stereocenters. The number of aromatic nitrogens is 4. The van der Waals surface area contributed by atoms with Gasteiger partial charge in [-0.2, -0.15) is 4.98 Å². The molecular formula is C15H12N4OS. The molecular weight excluding hydrogens is 284 g/mol. The Labute approximate surface area is 124 Å². The highest BCUT2D eigenvalue weighted by Crippen LogP contribution is 2.30. The number of aryl methyl sites for hydroxylation is 1. The standard InChI is InChI=1S/C15H12N4OS/c1-2-13-17-8-12(21-13)15-18-14(19-20-15)10-4-3-5-11-9(10)6-7-16-11/h3-8,16H,2H2,1H3. The fraction of sp³-hybridized carbons (Fsp3) is 0.133. The van der Waals surface area contributed by atoms with Gasteiger partial charge in [-0.1, -0.05) is 24.2 Å². The van der Waals surface area contributed by atoms with Gasteiger partial charge in [0, 0.05) is 22.7 Å². The highest BCUT2D eigenvalue weighted by atomic mass is 32.1. The molecule has 0 atom stereocenters. The molecule has 0 bridgehead atoms. The normalized spacial score (nSPS) is 11.3. The lowest BCUT2D eigenvalue weighted by molar-refractivity contribution is 0.433. The number of H-pyrrole nitrogens is 1. The molecule has 104 valence electrons. The van der Waals surface area contributed by atoms with Crippen LogP contribution in [0, 0.1) is 0 Å². The Bertz CT molecular complexity index is 905. The van der Waals surface area contributed by atoms with E-state index in [1.165, 1.54) is 0 Å². The third kappa shape index (κ3) is 2.04. The van der Waals surface area contributed by atoms with Crippen LogP contribution in [-0.4, -0.2) is 20.1 Å². The molecule has 6 heteroatoms. The number of hydrogen-bond donors (Lipinski definition) is 1. The van der Waals surface area contributed by atoms with Crippen molar-refractivity contribution in [1.82, 2.24) is 20.1 Å². The molecule has 0 spiro atoms. The maximum atomic E-state index is 5.39. The molecule has 0 saturated heterocycles. The summed E-state index contributed by atoms with van der Waals surface area (Å²) in [4.78, 5) is 12.9. The monoisotopic (exact) mass is 296 g/mol. The number of nitrogens with zero attached hydrogens (tertiary/aromatic N) is 3. The molecule has 0 aliphatic carbocycles. The highest BCUT2D eigenvalue weighted by molar-refractivity contribution is 7.15. The van der Waals surface area contributed by atoms with Crippen molar-refractivity contribution in [2.24, 2.45) is 0 Å². The summed E-state index contributed by atoms with van der Waals surface area (Å²) in [6, 6.07) is 8.01. The maximum absolute atomic E-state index is 5.39. The van der Waals surface area contributed by atoms with E-state index in [1.54, 1.807) is 17.5 Å². The summed E-state index contributed by atoms with van der Waals surface area (Å²) in [7, 11) is 0. The lowest BCUT2D eigenvalue weighted by Gasteiger charge is -1.96. The summed E-state index contributed by atoms with van der Waals surface area (Å²) in [6.45, 7) is 2.08. The van der Waals surface area contributed by atoms with Crippen LogP contribution >= 0.6 is 11.3 Å². The van der Waals surface area contributed by atoms with Gasteiger partial charge in [-0.3, -0.25) is 0 Å². The van der Waals surface area contributed by atoms with Gasteiger partial charge in [0.25, 0.3) is 5.89 Å². The first-order valence-corrected chi connectivity index (χ1v) is 7.52. The summed E-state index contributed by atoms with van der Waals surface area (Å²) in [6.07, 6.45) is 4.61. The van der Waals surface area contributed by atoms with Crippen molar-refractivity contribution in [3.8, 4) is 22.2 Å². The van der Waals surface area contributed by atoms with E-state index in [2.05, 4.69) is 27.0 Å². The second kappa shape index (κ2) is 4.82. The van der Waals surface area contributed by atoms with Crippen LogP contribution in [-0.2, 0) is 6.42 Å². The number of aromatic amines is 1. The first-order valence-electron chi connectivity index (χ1n) is 6.70. The second-order valence-electron chi connectivity index (χ2n) is 4.64. The number of benzene rings is 1. The Balaban J connectivity index is 1.79. The summed E-state index contributed by atoms with van der Waals surface area (Å²) in [5, 5.41) is 6.26. The smallest absolute Gasteiger partial charge is 0.269 e. The molecule has 0 radical (unpaired) electrons. The number of hydrogen-bond acceptors (Lipinski definition) is 5. The van der Waals surface area contributed by atoms with E-state index in [1.807, 2.05) is 30.5 Å². The number of rotatable bonds is 3. The molecule has 5 nitrogen and oxygen atoms in total. The molecule has 0 aliphatic rings. The zero-order valence-electron chi connectivity index (χ0n) is 11.3. The van der Waals surface area contributed by atoms with Crippen molar-refractivity contribution in [3.05, 3.63) is 41.7 Å². The Hall–Kier alpha value is -2.47. The van der Waals surface area contributed by atoms with Gasteiger partial charge < -0.3 is 9.51 Å². The third-order valence-corrected chi connectivity index (χ3v) is 4.46. The van der Waals surface area contributed by atoms with Crippen molar-refractivity contribution in [1.29, 1.82) is 0 Å². The Kier molecular flexibility index (Phi) is 2.82. The summed E-state index contributed by atoms with van der Waals surface area (Å²) >= 11 is 1.59. The molecule has 0 fully saturated rings. The van der Waals surface area contributed by atoms with Crippen LogP contribution in [0.4, 0.5) is 0 Å². The molecule has 4 rings (SSSR count). The molecule has 1 N–H and O–H groups in total. The zero-order valence-corrected chi connectivity index (χ0v) is 12.1. The number of thiazole rings is 1. The second-order valence-corrected chi connectivity index (χ2v) is 5.75. The minimum absolute atomic E-state index is 0.523. The predicted octanol–water partition coefficient (Wildman–Crippen LogP) is 3.90. The number of nitrogens with one attached hydrogen (secondary N) is 1. The lowest BCUT2D eigenvalue weighted by atomic mass is 10.1. The van der Waals surface area contributed by atoms with E-state index < -0.39 is 0 Å². The fourth-order valence-corrected chi connectivity index (χ4v) is 3.07. The van der Waals surface area contributed by atoms with Crippen LogP contribution in [0.1, 0.15) is 11.9 Å². The van der Waals surface area contributed by atoms with E-state index in [0.717, 1.165) is 32.8 Å². The van der Waals surface area contributed by atoms with Crippen LogP contribution < -0.4 is 0 Å². The molecule has 4 aromatic rings. The van der Waals surface area contributed by atoms with Gasteiger partial charge in [0.15, 0.2) is 0 Å². The van der Waals surface area contributed by atoms with E-state index in [4.69, 9.17) is 4.52 Å². The van der Waals surface area contributed by atoms with Gasteiger partial charge in [0.2, 0.25) is 5.82 Å². The molecule has 0 amide bonds.